The molecule has 6 nitrogen and oxygen atoms in total. The first-order valence-electron chi connectivity index (χ1n) is 9.02. The molecular formula is C21H24N2O4. The number of hydrogen-bond acceptors (Lipinski definition) is 4. The smallest absolute Gasteiger partial charge is 0.228 e. The quantitative estimate of drug-likeness (QED) is 0.666. The van der Waals surface area contributed by atoms with Crippen molar-refractivity contribution in [2.45, 2.75) is 18.8 Å². The summed E-state index contributed by atoms with van der Waals surface area (Å²) in [4.78, 5) is 24.1. The molecule has 1 aliphatic carbocycles. The minimum atomic E-state index is -0.139. The summed E-state index contributed by atoms with van der Waals surface area (Å²) in [6.45, 7) is 0.178. The molecule has 1 fully saturated rings. The molecule has 2 atom stereocenters. The molecule has 0 spiro atoms. The number of rotatable bonds is 8. The van der Waals surface area contributed by atoms with Gasteiger partial charge in [0.2, 0.25) is 11.8 Å². The SMILES string of the molecule is COc1cccc([C@H]2C[C@@H]2C(=O)Nc2ccc(CC(=O)NCCO)cc2)c1. The molecule has 0 unspecified atom stereocenters. The number of aliphatic hydroxyl groups excluding tert-OH is 1. The maximum absolute atomic E-state index is 12.5. The lowest BCUT2D eigenvalue weighted by Crippen LogP contribution is -2.27. The molecule has 3 rings (SSSR count). The zero-order valence-electron chi connectivity index (χ0n) is 15.3. The van der Waals surface area contributed by atoms with Gasteiger partial charge >= 0.3 is 0 Å². The van der Waals surface area contributed by atoms with Crippen LogP contribution in [-0.2, 0) is 16.0 Å². The summed E-state index contributed by atoms with van der Waals surface area (Å²) in [7, 11) is 1.64. The van der Waals surface area contributed by atoms with E-state index in [1.165, 1.54) is 0 Å². The summed E-state index contributed by atoms with van der Waals surface area (Å²) in [5.74, 6) is 0.879. The molecule has 3 N–H and O–H groups in total. The fourth-order valence-corrected chi connectivity index (χ4v) is 3.11. The van der Waals surface area contributed by atoms with Crippen LogP contribution >= 0.6 is 0 Å². The Balaban J connectivity index is 1.52. The molecule has 0 aromatic heterocycles. The molecule has 0 heterocycles. The van der Waals surface area contributed by atoms with Crippen LogP contribution in [0.4, 0.5) is 5.69 Å². The zero-order chi connectivity index (χ0) is 19.2. The van der Waals surface area contributed by atoms with Crippen LogP contribution in [0.5, 0.6) is 5.75 Å². The molecule has 0 saturated heterocycles. The first-order valence-corrected chi connectivity index (χ1v) is 9.02. The second-order valence-electron chi connectivity index (χ2n) is 6.66. The van der Waals surface area contributed by atoms with Gasteiger partial charge in [-0.1, -0.05) is 24.3 Å². The van der Waals surface area contributed by atoms with Crippen molar-refractivity contribution in [1.29, 1.82) is 0 Å². The van der Waals surface area contributed by atoms with Gasteiger partial charge in [-0.15, -0.1) is 0 Å². The Hall–Kier alpha value is -2.86. The minimum absolute atomic E-state index is 0.0104. The Labute approximate surface area is 158 Å². The fraction of sp³-hybridized carbons (Fsp3) is 0.333. The average Bonchev–Trinajstić information content (AvgIpc) is 3.49. The summed E-state index contributed by atoms with van der Waals surface area (Å²) in [5, 5.41) is 14.3. The van der Waals surface area contributed by atoms with Crippen LogP contribution in [0.3, 0.4) is 0 Å². The molecule has 2 aromatic carbocycles. The monoisotopic (exact) mass is 368 g/mol. The van der Waals surface area contributed by atoms with Gasteiger partial charge in [-0.25, -0.2) is 0 Å². The second kappa shape index (κ2) is 8.68. The van der Waals surface area contributed by atoms with Gasteiger partial charge < -0.3 is 20.5 Å². The van der Waals surface area contributed by atoms with E-state index in [2.05, 4.69) is 10.6 Å². The van der Waals surface area contributed by atoms with Crippen molar-refractivity contribution < 1.29 is 19.4 Å². The van der Waals surface area contributed by atoms with Gasteiger partial charge in [0.25, 0.3) is 0 Å². The lowest BCUT2D eigenvalue weighted by molar-refractivity contribution is -0.120. The topological polar surface area (TPSA) is 87.7 Å². The third-order valence-electron chi connectivity index (χ3n) is 4.67. The Morgan fingerprint density at radius 1 is 1.19 bits per heavy atom. The van der Waals surface area contributed by atoms with E-state index in [1.807, 2.05) is 36.4 Å². The summed E-state index contributed by atoms with van der Waals surface area (Å²) < 4.78 is 5.24. The highest BCUT2D eigenvalue weighted by Gasteiger charge is 2.44. The Morgan fingerprint density at radius 2 is 1.96 bits per heavy atom. The highest BCUT2D eigenvalue weighted by Crippen LogP contribution is 2.48. The summed E-state index contributed by atoms with van der Waals surface area (Å²) in [6, 6.07) is 15.1. The molecule has 2 aromatic rings. The highest BCUT2D eigenvalue weighted by molar-refractivity contribution is 5.95. The van der Waals surface area contributed by atoms with Crippen molar-refractivity contribution >= 4 is 17.5 Å². The highest BCUT2D eigenvalue weighted by atomic mass is 16.5. The number of aliphatic hydroxyl groups is 1. The predicted molar refractivity (Wildman–Crippen MR) is 103 cm³/mol. The maximum Gasteiger partial charge on any atom is 0.228 e. The number of hydrogen-bond donors (Lipinski definition) is 3. The van der Waals surface area contributed by atoms with Crippen LogP contribution in [0, 0.1) is 5.92 Å². The summed E-state index contributed by atoms with van der Waals surface area (Å²) in [5.41, 5.74) is 2.69. The number of amides is 2. The van der Waals surface area contributed by atoms with Gasteiger partial charge in [0.15, 0.2) is 0 Å². The minimum Gasteiger partial charge on any atom is -0.497 e. The van der Waals surface area contributed by atoms with Crippen LogP contribution in [0.2, 0.25) is 0 Å². The Bertz CT molecular complexity index is 804. The van der Waals surface area contributed by atoms with E-state index < -0.39 is 0 Å². The number of benzene rings is 2. The summed E-state index contributed by atoms with van der Waals surface area (Å²) >= 11 is 0. The fourth-order valence-electron chi connectivity index (χ4n) is 3.11. The van der Waals surface area contributed by atoms with Crippen molar-refractivity contribution in [3.05, 3.63) is 59.7 Å². The van der Waals surface area contributed by atoms with Crippen molar-refractivity contribution in [3.8, 4) is 5.75 Å². The van der Waals surface area contributed by atoms with Crippen molar-refractivity contribution in [2.75, 3.05) is 25.6 Å². The van der Waals surface area contributed by atoms with E-state index in [9.17, 15) is 9.59 Å². The first-order chi connectivity index (χ1) is 13.1. The number of carbonyl (C=O) groups excluding carboxylic acids is 2. The third kappa shape index (κ3) is 5.08. The van der Waals surface area contributed by atoms with Crippen LogP contribution in [0.1, 0.15) is 23.5 Å². The summed E-state index contributed by atoms with van der Waals surface area (Å²) in [6.07, 6.45) is 1.08. The Morgan fingerprint density at radius 3 is 2.67 bits per heavy atom. The molecule has 6 heteroatoms. The van der Waals surface area contributed by atoms with Crippen LogP contribution in [0.15, 0.2) is 48.5 Å². The van der Waals surface area contributed by atoms with Crippen LogP contribution < -0.4 is 15.4 Å². The lowest BCUT2D eigenvalue weighted by atomic mass is 10.1. The Kier molecular flexibility index (Phi) is 6.08. The normalized spacial score (nSPS) is 17.9. The molecular weight excluding hydrogens is 344 g/mol. The average molecular weight is 368 g/mol. The van der Waals surface area contributed by atoms with E-state index >= 15 is 0 Å². The van der Waals surface area contributed by atoms with E-state index in [1.54, 1.807) is 19.2 Å². The van der Waals surface area contributed by atoms with Gasteiger partial charge in [0.1, 0.15) is 5.75 Å². The molecule has 27 heavy (non-hydrogen) atoms. The largest absolute Gasteiger partial charge is 0.497 e. The van der Waals surface area contributed by atoms with Gasteiger partial charge in [0.05, 0.1) is 20.1 Å². The molecule has 0 radical (unpaired) electrons. The van der Waals surface area contributed by atoms with E-state index in [-0.39, 0.29) is 43.2 Å². The van der Waals surface area contributed by atoms with Gasteiger partial charge in [0, 0.05) is 18.2 Å². The van der Waals surface area contributed by atoms with E-state index in [4.69, 9.17) is 9.84 Å². The van der Waals surface area contributed by atoms with Crippen LogP contribution in [0.25, 0.3) is 0 Å². The molecule has 2 amide bonds. The maximum atomic E-state index is 12.5. The predicted octanol–water partition coefficient (Wildman–Crippen LogP) is 2.09. The number of anilines is 1. The van der Waals surface area contributed by atoms with E-state index in [0.29, 0.717) is 0 Å². The van der Waals surface area contributed by atoms with Crippen LogP contribution in [-0.4, -0.2) is 37.2 Å². The first kappa shape index (κ1) is 18.9. The van der Waals surface area contributed by atoms with Gasteiger partial charge in [-0.05, 0) is 47.7 Å². The molecule has 1 aliphatic rings. The van der Waals surface area contributed by atoms with Gasteiger partial charge in [-0.3, -0.25) is 9.59 Å². The molecule has 0 aliphatic heterocycles. The molecule has 142 valence electrons. The van der Waals surface area contributed by atoms with E-state index in [0.717, 1.165) is 29.0 Å². The third-order valence-corrected chi connectivity index (χ3v) is 4.67. The molecule has 0 bridgehead atoms. The van der Waals surface area contributed by atoms with Crippen molar-refractivity contribution in [3.63, 3.8) is 0 Å². The number of methoxy groups -OCH3 is 1. The number of nitrogens with one attached hydrogen (secondary N) is 2. The zero-order valence-corrected chi connectivity index (χ0v) is 15.3. The number of carbonyl (C=O) groups is 2. The lowest BCUT2D eigenvalue weighted by Gasteiger charge is -2.08. The standard InChI is InChI=1S/C21H24N2O4/c1-27-17-4-2-3-15(12-17)18-13-19(18)21(26)23-16-7-5-14(6-8-16)11-20(25)22-9-10-24/h2-8,12,18-19,24H,9-11,13H2,1H3,(H,22,25)(H,23,26)/t18-,19+/m1/s1. The van der Waals surface area contributed by atoms with Gasteiger partial charge in [-0.2, -0.15) is 0 Å². The second-order valence-corrected chi connectivity index (χ2v) is 6.66. The number of ether oxygens (including phenoxy) is 1. The van der Waals surface area contributed by atoms with Crippen molar-refractivity contribution in [2.24, 2.45) is 5.92 Å². The molecule has 1 saturated carbocycles. The van der Waals surface area contributed by atoms with Crippen molar-refractivity contribution in [1.82, 2.24) is 5.32 Å².